The number of nitrogens with one attached hydrogen (secondary N) is 1. The van der Waals surface area contributed by atoms with E-state index in [1.54, 1.807) is 0 Å². The first-order valence-electron chi connectivity index (χ1n) is 6.14. The Balaban J connectivity index is 1.77. The molecular formula is C15H14ClNO2. The number of hydrogen-bond acceptors (Lipinski definition) is 3. The number of hydrogen-bond donors (Lipinski definition) is 1. The Morgan fingerprint density at radius 1 is 1.11 bits per heavy atom. The van der Waals surface area contributed by atoms with Crippen molar-refractivity contribution in [2.24, 2.45) is 0 Å². The normalized spacial score (nSPS) is 14.2. The van der Waals surface area contributed by atoms with Gasteiger partial charge in [0.05, 0.1) is 0 Å². The summed E-state index contributed by atoms with van der Waals surface area (Å²) in [6.07, 6.45) is 0. The van der Waals surface area contributed by atoms with Gasteiger partial charge < -0.3 is 14.8 Å². The molecule has 1 aliphatic heterocycles. The summed E-state index contributed by atoms with van der Waals surface area (Å²) < 4.78 is 10.7. The summed E-state index contributed by atoms with van der Waals surface area (Å²) in [5, 5.41) is 4.17. The van der Waals surface area contributed by atoms with Crippen molar-refractivity contribution in [1.29, 1.82) is 0 Å². The molecule has 1 atom stereocenters. The predicted molar refractivity (Wildman–Crippen MR) is 76.1 cm³/mol. The molecule has 2 aromatic rings. The van der Waals surface area contributed by atoms with Crippen LogP contribution in [0.25, 0.3) is 0 Å². The second kappa shape index (κ2) is 5.02. The highest BCUT2D eigenvalue weighted by molar-refractivity contribution is 6.30. The van der Waals surface area contributed by atoms with Gasteiger partial charge in [0.2, 0.25) is 6.79 Å². The molecule has 0 bridgehead atoms. The standard InChI is InChI=1S/C15H14ClNO2/c1-10(11-3-2-4-12(16)7-11)17-13-5-6-14-15(8-13)19-9-18-14/h2-8,10,17H,9H2,1H3. The zero-order chi connectivity index (χ0) is 13.2. The smallest absolute Gasteiger partial charge is 0.231 e. The van der Waals surface area contributed by atoms with Gasteiger partial charge in [-0.2, -0.15) is 0 Å². The van der Waals surface area contributed by atoms with Gasteiger partial charge in [-0.1, -0.05) is 23.7 Å². The SMILES string of the molecule is CC(Nc1ccc2c(c1)OCO2)c1cccc(Cl)c1. The Hall–Kier alpha value is -1.87. The van der Waals surface area contributed by atoms with E-state index in [1.165, 1.54) is 0 Å². The zero-order valence-corrected chi connectivity index (χ0v) is 11.3. The Bertz CT molecular complexity index is 600. The molecule has 3 nitrogen and oxygen atoms in total. The van der Waals surface area contributed by atoms with Gasteiger partial charge in [0.1, 0.15) is 0 Å². The van der Waals surface area contributed by atoms with Crippen LogP contribution in [0.15, 0.2) is 42.5 Å². The summed E-state index contributed by atoms with van der Waals surface area (Å²) >= 11 is 6.00. The highest BCUT2D eigenvalue weighted by atomic mass is 35.5. The van der Waals surface area contributed by atoms with Crippen LogP contribution in [0.2, 0.25) is 5.02 Å². The fourth-order valence-corrected chi connectivity index (χ4v) is 2.29. The fraction of sp³-hybridized carbons (Fsp3) is 0.200. The fourth-order valence-electron chi connectivity index (χ4n) is 2.10. The molecule has 1 aliphatic rings. The molecule has 1 N–H and O–H groups in total. The molecule has 2 aromatic carbocycles. The van der Waals surface area contributed by atoms with Crippen molar-refractivity contribution in [2.75, 3.05) is 12.1 Å². The lowest BCUT2D eigenvalue weighted by molar-refractivity contribution is 0.174. The van der Waals surface area contributed by atoms with Gasteiger partial charge in [0.25, 0.3) is 0 Å². The van der Waals surface area contributed by atoms with E-state index in [0.29, 0.717) is 6.79 Å². The minimum absolute atomic E-state index is 0.166. The maximum Gasteiger partial charge on any atom is 0.231 e. The van der Waals surface area contributed by atoms with Gasteiger partial charge in [-0.3, -0.25) is 0 Å². The first-order chi connectivity index (χ1) is 9.22. The summed E-state index contributed by atoms with van der Waals surface area (Å²) in [6, 6.07) is 13.9. The van der Waals surface area contributed by atoms with Gasteiger partial charge >= 0.3 is 0 Å². The summed E-state index contributed by atoms with van der Waals surface area (Å²) in [7, 11) is 0. The van der Waals surface area contributed by atoms with Crippen LogP contribution in [0.4, 0.5) is 5.69 Å². The molecule has 98 valence electrons. The van der Waals surface area contributed by atoms with E-state index in [4.69, 9.17) is 21.1 Å². The largest absolute Gasteiger partial charge is 0.454 e. The molecule has 0 aromatic heterocycles. The van der Waals surface area contributed by atoms with E-state index in [-0.39, 0.29) is 6.04 Å². The number of halogens is 1. The number of benzene rings is 2. The molecule has 0 radical (unpaired) electrons. The van der Waals surface area contributed by atoms with Gasteiger partial charge in [0, 0.05) is 22.8 Å². The maximum atomic E-state index is 6.00. The molecule has 1 heterocycles. The molecule has 4 heteroatoms. The second-order valence-corrected chi connectivity index (χ2v) is 4.93. The van der Waals surface area contributed by atoms with Crippen molar-refractivity contribution in [2.45, 2.75) is 13.0 Å². The van der Waals surface area contributed by atoms with Crippen LogP contribution in [-0.4, -0.2) is 6.79 Å². The van der Waals surface area contributed by atoms with Gasteiger partial charge in [-0.15, -0.1) is 0 Å². The first-order valence-corrected chi connectivity index (χ1v) is 6.52. The molecule has 0 amide bonds. The van der Waals surface area contributed by atoms with Crippen LogP contribution in [0.3, 0.4) is 0 Å². The number of fused-ring (bicyclic) bond motifs is 1. The monoisotopic (exact) mass is 275 g/mol. The highest BCUT2D eigenvalue weighted by Crippen LogP contribution is 2.35. The quantitative estimate of drug-likeness (QED) is 0.909. The first kappa shape index (κ1) is 12.2. The van der Waals surface area contributed by atoms with Crippen molar-refractivity contribution in [3.8, 4) is 11.5 Å². The predicted octanol–water partition coefficient (Wildman–Crippen LogP) is 4.24. The van der Waals surface area contributed by atoms with E-state index >= 15 is 0 Å². The average Bonchev–Trinajstić information content (AvgIpc) is 2.86. The van der Waals surface area contributed by atoms with E-state index in [9.17, 15) is 0 Å². The molecule has 0 saturated carbocycles. The topological polar surface area (TPSA) is 30.5 Å². The molecule has 0 spiro atoms. The van der Waals surface area contributed by atoms with Crippen molar-refractivity contribution in [3.05, 3.63) is 53.1 Å². The van der Waals surface area contributed by atoms with Gasteiger partial charge in [-0.25, -0.2) is 0 Å². The second-order valence-electron chi connectivity index (χ2n) is 4.49. The molecule has 19 heavy (non-hydrogen) atoms. The Kier molecular flexibility index (Phi) is 3.22. The lowest BCUT2D eigenvalue weighted by atomic mass is 10.1. The van der Waals surface area contributed by atoms with Crippen LogP contribution in [0, 0.1) is 0 Å². The third-order valence-corrected chi connectivity index (χ3v) is 3.34. The maximum absolute atomic E-state index is 6.00. The van der Waals surface area contributed by atoms with Crippen molar-refractivity contribution >= 4 is 17.3 Å². The Morgan fingerprint density at radius 2 is 1.95 bits per heavy atom. The lowest BCUT2D eigenvalue weighted by Gasteiger charge is -2.16. The molecule has 0 aliphatic carbocycles. The lowest BCUT2D eigenvalue weighted by Crippen LogP contribution is -2.06. The van der Waals surface area contributed by atoms with Crippen LogP contribution >= 0.6 is 11.6 Å². The van der Waals surface area contributed by atoms with Crippen molar-refractivity contribution < 1.29 is 9.47 Å². The van der Waals surface area contributed by atoms with Crippen LogP contribution in [-0.2, 0) is 0 Å². The minimum atomic E-state index is 0.166. The Morgan fingerprint density at radius 3 is 2.79 bits per heavy atom. The Labute approximate surface area is 117 Å². The minimum Gasteiger partial charge on any atom is -0.454 e. The summed E-state index contributed by atoms with van der Waals surface area (Å²) in [5.41, 5.74) is 2.14. The van der Waals surface area contributed by atoms with E-state index in [0.717, 1.165) is 27.8 Å². The number of ether oxygens (including phenoxy) is 2. The summed E-state index contributed by atoms with van der Waals surface area (Å²) in [5.74, 6) is 1.57. The van der Waals surface area contributed by atoms with Gasteiger partial charge in [0.15, 0.2) is 11.5 Å². The number of anilines is 1. The van der Waals surface area contributed by atoms with Gasteiger partial charge in [-0.05, 0) is 36.8 Å². The van der Waals surface area contributed by atoms with E-state index in [1.807, 2.05) is 36.4 Å². The average molecular weight is 276 g/mol. The highest BCUT2D eigenvalue weighted by Gasteiger charge is 2.14. The van der Waals surface area contributed by atoms with E-state index < -0.39 is 0 Å². The zero-order valence-electron chi connectivity index (χ0n) is 10.5. The molecule has 0 saturated heterocycles. The molecule has 0 fully saturated rings. The summed E-state index contributed by atoms with van der Waals surface area (Å²) in [4.78, 5) is 0. The van der Waals surface area contributed by atoms with E-state index in [2.05, 4.69) is 18.3 Å². The van der Waals surface area contributed by atoms with Crippen LogP contribution < -0.4 is 14.8 Å². The van der Waals surface area contributed by atoms with Crippen LogP contribution in [0.1, 0.15) is 18.5 Å². The van der Waals surface area contributed by atoms with Crippen molar-refractivity contribution in [3.63, 3.8) is 0 Å². The third-order valence-electron chi connectivity index (χ3n) is 3.10. The molecule has 1 unspecified atom stereocenters. The van der Waals surface area contributed by atoms with Crippen molar-refractivity contribution in [1.82, 2.24) is 0 Å². The molecule has 3 rings (SSSR count). The van der Waals surface area contributed by atoms with Crippen LogP contribution in [0.5, 0.6) is 11.5 Å². The molecular weight excluding hydrogens is 262 g/mol. The number of rotatable bonds is 3. The third kappa shape index (κ3) is 2.61. The summed E-state index contributed by atoms with van der Waals surface area (Å²) in [6.45, 7) is 2.39.